The maximum Gasteiger partial charge on any atom is 0.256 e. The van der Waals surface area contributed by atoms with Crippen LogP contribution in [0.25, 0.3) is 0 Å². The molecule has 1 aromatic rings. The summed E-state index contributed by atoms with van der Waals surface area (Å²) in [5, 5.41) is 2.84. The second-order valence-corrected chi connectivity index (χ2v) is 7.57. The number of aromatic nitrogens is 2. The number of nitrogens with zero attached hydrogens (tertiary/aromatic N) is 4. The standard InChI is InChI=1S/C19H27N5O2/c1-14(2)4-7-24-13-19(10-16(24)25)5-8-23(9-6-19)17(26)15-11-21-18(20-3)22-12-15/h4,11-12H,5-10,13H2,1-3H3,(H,20,21,22). The van der Waals surface area contributed by atoms with Gasteiger partial charge in [0.1, 0.15) is 0 Å². The van der Waals surface area contributed by atoms with Crippen LogP contribution < -0.4 is 5.32 Å². The molecule has 7 nitrogen and oxygen atoms in total. The Hall–Kier alpha value is -2.44. The fourth-order valence-electron chi connectivity index (χ4n) is 3.71. The molecule has 1 spiro atoms. The van der Waals surface area contributed by atoms with Crippen molar-refractivity contribution >= 4 is 17.8 Å². The van der Waals surface area contributed by atoms with Crippen molar-refractivity contribution in [1.82, 2.24) is 19.8 Å². The van der Waals surface area contributed by atoms with Crippen LogP contribution in [-0.2, 0) is 4.79 Å². The van der Waals surface area contributed by atoms with E-state index in [1.807, 2.05) is 23.6 Å². The van der Waals surface area contributed by atoms with Gasteiger partial charge >= 0.3 is 0 Å². The monoisotopic (exact) mass is 357 g/mol. The van der Waals surface area contributed by atoms with E-state index >= 15 is 0 Å². The van der Waals surface area contributed by atoms with Gasteiger partial charge in [0, 0.05) is 57.5 Å². The fraction of sp³-hybridized carbons (Fsp3) is 0.579. The summed E-state index contributed by atoms with van der Waals surface area (Å²) in [6.07, 6.45) is 7.56. The number of allylic oxidation sites excluding steroid dienone is 1. The Labute approximate surface area is 154 Å². The lowest BCUT2D eigenvalue weighted by molar-refractivity contribution is -0.127. The van der Waals surface area contributed by atoms with Crippen molar-refractivity contribution in [3.63, 3.8) is 0 Å². The second-order valence-electron chi connectivity index (χ2n) is 7.57. The minimum atomic E-state index is -0.0341. The Morgan fingerprint density at radius 2 is 1.92 bits per heavy atom. The highest BCUT2D eigenvalue weighted by molar-refractivity contribution is 5.93. The van der Waals surface area contributed by atoms with Gasteiger partial charge in [-0.3, -0.25) is 9.59 Å². The van der Waals surface area contributed by atoms with Crippen molar-refractivity contribution in [3.05, 3.63) is 29.6 Å². The lowest BCUT2D eigenvalue weighted by Crippen LogP contribution is -2.44. The van der Waals surface area contributed by atoms with Gasteiger partial charge in [-0.15, -0.1) is 0 Å². The van der Waals surface area contributed by atoms with Crippen molar-refractivity contribution in [2.75, 3.05) is 38.5 Å². The summed E-state index contributed by atoms with van der Waals surface area (Å²) < 4.78 is 0. The quantitative estimate of drug-likeness (QED) is 0.833. The van der Waals surface area contributed by atoms with Gasteiger partial charge in [0.15, 0.2) is 0 Å². The number of carbonyl (C=O) groups is 2. The van der Waals surface area contributed by atoms with Crippen LogP contribution in [0.1, 0.15) is 43.5 Å². The Bertz CT molecular complexity index is 701. The zero-order valence-corrected chi connectivity index (χ0v) is 15.8. The average Bonchev–Trinajstić information content (AvgIpc) is 2.95. The number of hydrogen-bond acceptors (Lipinski definition) is 5. The molecule has 2 aliphatic heterocycles. The van der Waals surface area contributed by atoms with Crippen molar-refractivity contribution in [1.29, 1.82) is 0 Å². The van der Waals surface area contributed by atoms with Crippen LogP contribution in [0.3, 0.4) is 0 Å². The van der Waals surface area contributed by atoms with Crippen molar-refractivity contribution in [3.8, 4) is 0 Å². The van der Waals surface area contributed by atoms with Gasteiger partial charge in [0.05, 0.1) is 5.56 Å². The Morgan fingerprint density at radius 3 is 2.50 bits per heavy atom. The predicted octanol–water partition coefficient (Wildman–Crippen LogP) is 1.94. The SMILES string of the molecule is CNc1ncc(C(=O)N2CCC3(CC2)CC(=O)N(CC=C(C)C)C3)cn1. The van der Waals surface area contributed by atoms with E-state index in [2.05, 4.69) is 21.4 Å². The molecule has 26 heavy (non-hydrogen) atoms. The number of carbonyl (C=O) groups excluding carboxylic acids is 2. The zero-order valence-electron chi connectivity index (χ0n) is 15.8. The minimum absolute atomic E-state index is 0.0236. The van der Waals surface area contributed by atoms with E-state index < -0.39 is 0 Å². The number of nitrogens with one attached hydrogen (secondary N) is 1. The highest BCUT2D eigenvalue weighted by atomic mass is 16.2. The molecule has 0 unspecified atom stereocenters. The van der Waals surface area contributed by atoms with Gasteiger partial charge in [0.25, 0.3) is 5.91 Å². The van der Waals surface area contributed by atoms with Crippen molar-refractivity contribution in [2.24, 2.45) is 5.41 Å². The number of rotatable bonds is 4. The van der Waals surface area contributed by atoms with E-state index in [0.717, 1.165) is 19.4 Å². The van der Waals surface area contributed by atoms with Crippen LogP contribution in [-0.4, -0.2) is 64.8 Å². The molecule has 0 bridgehead atoms. The molecule has 3 rings (SSSR count). The average molecular weight is 357 g/mol. The maximum atomic E-state index is 12.6. The summed E-state index contributed by atoms with van der Waals surface area (Å²) in [6.45, 7) is 6.95. The van der Waals surface area contributed by atoms with Gasteiger partial charge in [-0.1, -0.05) is 11.6 Å². The third kappa shape index (κ3) is 3.86. The molecule has 0 aliphatic carbocycles. The first kappa shape index (κ1) is 18.4. The molecule has 2 amide bonds. The molecule has 2 aliphatic rings. The third-order valence-electron chi connectivity index (χ3n) is 5.36. The largest absolute Gasteiger partial charge is 0.357 e. The molecule has 1 N–H and O–H groups in total. The number of hydrogen-bond donors (Lipinski definition) is 1. The van der Waals surface area contributed by atoms with Gasteiger partial charge in [0.2, 0.25) is 11.9 Å². The summed E-state index contributed by atoms with van der Waals surface area (Å²) >= 11 is 0. The van der Waals surface area contributed by atoms with E-state index in [0.29, 0.717) is 37.6 Å². The topological polar surface area (TPSA) is 78.4 Å². The van der Waals surface area contributed by atoms with Gasteiger partial charge < -0.3 is 15.1 Å². The molecule has 0 radical (unpaired) electrons. The smallest absolute Gasteiger partial charge is 0.256 e. The van der Waals surface area contributed by atoms with Gasteiger partial charge in [-0.25, -0.2) is 9.97 Å². The predicted molar refractivity (Wildman–Crippen MR) is 99.8 cm³/mol. The summed E-state index contributed by atoms with van der Waals surface area (Å²) in [4.78, 5) is 37.0. The van der Waals surface area contributed by atoms with Gasteiger partial charge in [-0.05, 0) is 26.7 Å². The molecular formula is C19H27N5O2. The first-order chi connectivity index (χ1) is 12.4. The van der Waals surface area contributed by atoms with Crippen LogP contribution in [0.4, 0.5) is 5.95 Å². The summed E-state index contributed by atoms with van der Waals surface area (Å²) in [7, 11) is 1.74. The minimum Gasteiger partial charge on any atom is -0.357 e. The van der Waals surface area contributed by atoms with Crippen molar-refractivity contribution in [2.45, 2.75) is 33.1 Å². The van der Waals surface area contributed by atoms with Gasteiger partial charge in [-0.2, -0.15) is 0 Å². The Morgan fingerprint density at radius 1 is 1.27 bits per heavy atom. The van der Waals surface area contributed by atoms with Crippen LogP contribution in [0.5, 0.6) is 0 Å². The first-order valence-corrected chi connectivity index (χ1v) is 9.13. The maximum absolute atomic E-state index is 12.6. The number of anilines is 1. The van der Waals surface area contributed by atoms with Crippen LogP contribution in [0.2, 0.25) is 0 Å². The number of amides is 2. The Kier molecular flexibility index (Phi) is 5.25. The molecule has 140 valence electrons. The highest BCUT2D eigenvalue weighted by Crippen LogP contribution is 2.41. The lowest BCUT2D eigenvalue weighted by atomic mass is 9.77. The number of likely N-dealkylation sites (tertiary alicyclic amines) is 2. The lowest BCUT2D eigenvalue weighted by Gasteiger charge is -2.38. The fourth-order valence-corrected chi connectivity index (χ4v) is 3.71. The third-order valence-corrected chi connectivity index (χ3v) is 5.36. The summed E-state index contributed by atoms with van der Waals surface area (Å²) in [5.41, 5.74) is 1.76. The normalized spacial score (nSPS) is 19.0. The van der Waals surface area contributed by atoms with E-state index in [1.165, 1.54) is 5.57 Å². The first-order valence-electron chi connectivity index (χ1n) is 9.13. The van der Waals surface area contributed by atoms with Crippen LogP contribution >= 0.6 is 0 Å². The van der Waals surface area contributed by atoms with E-state index in [4.69, 9.17) is 0 Å². The Balaban J connectivity index is 1.59. The van der Waals surface area contributed by atoms with E-state index in [-0.39, 0.29) is 17.2 Å². The number of piperidine rings is 1. The highest BCUT2D eigenvalue weighted by Gasteiger charge is 2.45. The van der Waals surface area contributed by atoms with E-state index in [9.17, 15) is 9.59 Å². The molecule has 2 saturated heterocycles. The zero-order chi connectivity index (χ0) is 18.7. The summed E-state index contributed by atoms with van der Waals surface area (Å²) in [5.74, 6) is 0.701. The van der Waals surface area contributed by atoms with E-state index in [1.54, 1.807) is 19.4 Å². The molecule has 2 fully saturated rings. The molecule has 0 atom stereocenters. The molecule has 1 aromatic heterocycles. The van der Waals surface area contributed by atoms with Crippen LogP contribution in [0.15, 0.2) is 24.0 Å². The molecule has 0 saturated carbocycles. The molecular weight excluding hydrogens is 330 g/mol. The molecule has 3 heterocycles. The molecule has 7 heteroatoms. The van der Waals surface area contributed by atoms with Crippen molar-refractivity contribution < 1.29 is 9.59 Å². The summed E-state index contributed by atoms with van der Waals surface area (Å²) in [6, 6.07) is 0. The van der Waals surface area contributed by atoms with Crippen LogP contribution in [0, 0.1) is 5.41 Å². The molecule has 0 aromatic carbocycles. The second kappa shape index (κ2) is 7.43.